The van der Waals surface area contributed by atoms with Gasteiger partial charge in [-0.1, -0.05) is 12.2 Å². The molecule has 0 radical (unpaired) electrons. The third-order valence-electron chi connectivity index (χ3n) is 1.58. The number of aliphatic hydroxyl groups is 1. The summed E-state index contributed by atoms with van der Waals surface area (Å²) in [5.74, 6) is 0. The van der Waals surface area contributed by atoms with E-state index in [2.05, 4.69) is 6.08 Å². The van der Waals surface area contributed by atoms with E-state index in [0.717, 1.165) is 25.9 Å². The van der Waals surface area contributed by atoms with Crippen LogP contribution in [0.5, 0.6) is 0 Å². The molecule has 72 valence electrons. The van der Waals surface area contributed by atoms with Crippen molar-refractivity contribution in [3.8, 4) is 0 Å². The molecule has 1 unspecified atom stereocenters. The van der Waals surface area contributed by atoms with Gasteiger partial charge in [0.1, 0.15) is 0 Å². The van der Waals surface area contributed by atoms with Crippen LogP contribution in [0.15, 0.2) is 12.2 Å². The molecule has 0 aromatic rings. The highest BCUT2D eigenvalue weighted by Crippen LogP contribution is 2.00. The lowest BCUT2D eigenvalue weighted by Gasteiger charge is -2.00. The largest absolute Gasteiger partial charge is 0.393 e. The maximum atomic E-state index is 8.94. The molecule has 12 heavy (non-hydrogen) atoms. The third kappa shape index (κ3) is 9.66. The first-order valence-electron chi connectivity index (χ1n) is 4.68. The molecule has 0 spiro atoms. The zero-order valence-electron chi connectivity index (χ0n) is 8.12. The second kappa shape index (κ2) is 8.75. The zero-order chi connectivity index (χ0) is 9.23. The first-order chi connectivity index (χ1) is 5.77. The normalized spacial score (nSPS) is 13.9. The van der Waals surface area contributed by atoms with Crippen molar-refractivity contribution in [2.24, 2.45) is 0 Å². The molecule has 0 saturated heterocycles. The van der Waals surface area contributed by atoms with Crippen LogP contribution in [-0.2, 0) is 4.74 Å². The molecular formula is C10H20O2. The number of unbranched alkanes of at least 4 members (excludes halogenated alkanes) is 1. The van der Waals surface area contributed by atoms with Crippen molar-refractivity contribution in [1.29, 1.82) is 0 Å². The van der Waals surface area contributed by atoms with Gasteiger partial charge in [0.15, 0.2) is 0 Å². The lowest BCUT2D eigenvalue weighted by Crippen LogP contribution is -1.97. The first-order valence-corrected chi connectivity index (χ1v) is 4.68. The van der Waals surface area contributed by atoms with Gasteiger partial charge < -0.3 is 9.84 Å². The molecule has 0 bridgehead atoms. The Labute approximate surface area is 75.2 Å². The van der Waals surface area contributed by atoms with E-state index >= 15 is 0 Å². The molecule has 1 N–H and O–H groups in total. The predicted molar refractivity (Wildman–Crippen MR) is 51.2 cm³/mol. The van der Waals surface area contributed by atoms with Crippen LogP contribution < -0.4 is 0 Å². The van der Waals surface area contributed by atoms with Gasteiger partial charge in [-0.2, -0.15) is 0 Å². The van der Waals surface area contributed by atoms with Crippen molar-refractivity contribution < 1.29 is 9.84 Å². The summed E-state index contributed by atoms with van der Waals surface area (Å²) in [7, 11) is 0. The Balaban J connectivity index is 3.03. The van der Waals surface area contributed by atoms with Gasteiger partial charge in [0, 0.05) is 6.61 Å². The minimum absolute atomic E-state index is 0.162. The van der Waals surface area contributed by atoms with Gasteiger partial charge >= 0.3 is 0 Å². The molecule has 0 fully saturated rings. The van der Waals surface area contributed by atoms with Crippen LogP contribution in [0.3, 0.4) is 0 Å². The summed E-state index contributed by atoms with van der Waals surface area (Å²) in [5.41, 5.74) is 0. The maximum Gasteiger partial charge on any atom is 0.0647 e. The Hall–Kier alpha value is -0.340. The molecular weight excluding hydrogens is 152 g/mol. The minimum Gasteiger partial charge on any atom is -0.393 e. The topological polar surface area (TPSA) is 29.5 Å². The van der Waals surface area contributed by atoms with Gasteiger partial charge in [-0.25, -0.2) is 0 Å². The number of hydrogen-bond acceptors (Lipinski definition) is 2. The molecule has 0 rings (SSSR count). The molecule has 0 aliphatic rings. The van der Waals surface area contributed by atoms with E-state index in [1.165, 1.54) is 0 Å². The maximum absolute atomic E-state index is 8.94. The van der Waals surface area contributed by atoms with Crippen LogP contribution in [0, 0.1) is 0 Å². The summed E-state index contributed by atoms with van der Waals surface area (Å²) in [4.78, 5) is 0. The quantitative estimate of drug-likeness (QED) is 0.471. The Morgan fingerprint density at radius 1 is 1.42 bits per heavy atom. The lowest BCUT2D eigenvalue weighted by atomic mass is 10.2. The highest BCUT2D eigenvalue weighted by atomic mass is 16.5. The highest BCUT2D eigenvalue weighted by molar-refractivity contribution is 4.81. The Morgan fingerprint density at radius 3 is 2.75 bits per heavy atom. The van der Waals surface area contributed by atoms with Crippen LogP contribution in [0.25, 0.3) is 0 Å². The SMILES string of the molecule is CCOCC=CCCCC(C)O. The summed E-state index contributed by atoms with van der Waals surface area (Å²) >= 11 is 0. The molecule has 0 saturated carbocycles. The minimum atomic E-state index is -0.162. The summed E-state index contributed by atoms with van der Waals surface area (Å²) in [6.45, 7) is 5.30. The van der Waals surface area contributed by atoms with E-state index in [0.29, 0.717) is 6.61 Å². The Kier molecular flexibility index (Phi) is 8.51. The van der Waals surface area contributed by atoms with Crippen molar-refractivity contribution in [2.75, 3.05) is 13.2 Å². The molecule has 0 amide bonds. The Bertz CT molecular complexity index is 108. The third-order valence-corrected chi connectivity index (χ3v) is 1.58. The van der Waals surface area contributed by atoms with Crippen molar-refractivity contribution in [1.82, 2.24) is 0 Å². The van der Waals surface area contributed by atoms with E-state index < -0.39 is 0 Å². The van der Waals surface area contributed by atoms with Gasteiger partial charge in [0.2, 0.25) is 0 Å². The van der Waals surface area contributed by atoms with Crippen molar-refractivity contribution in [3.63, 3.8) is 0 Å². The van der Waals surface area contributed by atoms with Gasteiger partial charge in [0.25, 0.3) is 0 Å². The van der Waals surface area contributed by atoms with Gasteiger partial charge in [-0.05, 0) is 33.1 Å². The second-order valence-corrected chi connectivity index (χ2v) is 2.91. The highest BCUT2D eigenvalue weighted by Gasteiger charge is 1.92. The van der Waals surface area contributed by atoms with Crippen LogP contribution in [0.4, 0.5) is 0 Å². The van der Waals surface area contributed by atoms with E-state index in [1.807, 2.05) is 19.9 Å². The number of ether oxygens (including phenoxy) is 1. The molecule has 0 aliphatic carbocycles. The van der Waals surface area contributed by atoms with Gasteiger partial charge in [0.05, 0.1) is 12.7 Å². The van der Waals surface area contributed by atoms with Gasteiger partial charge in [-0.3, -0.25) is 0 Å². The molecule has 1 atom stereocenters. The summed E-state index contributed by atoms with van der Waals surface area (Å²) < 4.78 is 5.12. The monoisotopic (exact) mass is 172 g/mol. The standard InChI is InChI=1S/C10H20O2/c1-3-12-9-7-5-4-6-8-10(2)11/h5,7,10-11H,3-4,6,8-9H2,1-2H3. The van der Waals surface area contributed by atoms with Crippen LogP contribution in [0.2, 0.25) is 0 Å². The number of rotatable bonds is 7. The lowest BCUT2D eigenvalue weighted by molar-refractivity contribution is 0.177. The molecule has 0 aromatic carbocycles. The number of aliphatic hydroxyl groups excluding tert-OH is 1. The average molecular weight is 172 g/mol. The molecule has 2 nitrogen and oxygen atoms in total. The number of allylic oxidation sites excluding steroid dienone is 1. The smallest absolute Gasteiger partial charge is 0.0647 e. The number of hydrogen-bond donors (Lipinski definition) is 1. The average Bonchev–Trinajstić information content (AvgIpc) is 2.02. The molecule has 2 heteroatoms. The van der Waals surface area contributed by atoms with Crippen LogP contribution in [-0.4, -0.2) is 24.4 Å². The molecule has 0 heterocycles. The van der Waals surface area contributed by atoms with Crippen LogP contribution in [0.1, 0.15) is 33.1 Å². The summed E-state index contributed by atoms with van der Waals surface area (Å²) in [5, 5.41) is 8.94. The van der Waals surface area contributed by atoms with Crippen molar-refractivity contribution in [2.45, 2.75) is 39.2 Å². The van der Waals surface area contributed by atoms with Gasteiger partial charge in [-0.15, -0.1) is 0 Å². The summed E-state index contributed by atoms with van der Waals surface area (Å²) in [6.07, 6.45) is 6.96. The fraction of sp³-hybridized carbons (Fsp3) is 0.800. The molecule has 0 aliphatic heterocycles. The van der Waals surface area contributed by atoms with E-state index in [4.69, 9.17) is 9.84 Å². The van der Waals surface area contributed by atoms with Crippen molar-refractivity contribution >= 4 is 0 Å². The van der Waals surface area contributed by atoms with E-state index in [1.54, 1.807) is 0 Å². The first kappa shape index (κ1) is 11.7. The predicted octanol–water partition coefficient (Wildman–Crippen LogP) is 2.13. The van der Waals surface area contributed by atoms with Crippen molar-refractivity contribution in [3.05, 3.63) is 12.2 Å². The Morgan fingerprint density at radius 2 is 2.17 bits per heavy atom. The fourth-order valence-corrected chi connectivity index (χ4v) is 0.903. The zero-order valence-corrected chi connectivity index (χ0v) is 8.12. The van der Waals surface area contributed by atoms with E-state index in [9.17, 15) is 0 Å². The van der Waals surface area contributed by atoms with E-state index in [-0.39, 0.29) is 6.10 Å². The fourth-order valence-electron chi connectivity index (χ4n) is 0.903. The van der Waals surface area contributed by atoms with Crippen LogP contribution >= 0.6 is 0 Å². The summed E-state index contributed by atoms with van der Waals surface area (Å²) in [6, 6.07) is 0. The molecule has 0 aromatic heterocycles. The second-order valence-electron chi connectivity index (χ2n) is 2.91.